The molecule has 0 aromatic carbocycles. The molecule has 0 unspecified atom stereocenters. The highest BCUT2D eigenvalue weighted by Gasteiger charge is 2.40. The number of hydrogen-bond donors (Lipinski definition) is 1. The lowest BCUT2D eigenvalue weighted by molar-refractivity contribution is 0.0269. The first-order chi connectivity index (χ1) is 8.87. The third kappa shape index (κ3) is 3.85. The third-order valence-electron chi connectivity index (χ3n) is 4.24. The largest absolute Gasteiger partial charge is 0.444 e. The second-order valence-electron chi connectivity index (χ2n) is 7.01. The maximum absolute atomic E-state index is 12.0. The normalized spacial score (nSPS) is 29.6. The highest BCUT2D eigenvalue weighted by Crippen LogP contribution is 2.35. The summed E-state index contributed by atoms with van der Waals surface area (Å²) in [4.78, 5) is 13.7. The Labute approximate surface area is 116 Å². The standard InChI is InChI=1S/C15H27NO3/c1-15(2,3)19-14(18)16-9-12(13(17)10-16)11-7-5-4-6-8-11/h11-13,17H,4-10H2,1-3H3/t12-,13+/m0/s1. The summed E-state index contributed by atoms with van der Waals surface area (Å²) in [5, 5.41) is 10.2. The van der Waals surface area contributed by atoms with Crippen molar-refractivity contribution in [1.29, 1.82) is 0 Å². The number of aliphatic hydroxyl groups excluding tert-OH is 1. The molecule has 2 aliphatic rings. The van der Waals surface area contributed by atoms with Crippen molar-refractivity contribution in [3.8, 4) is 0 Å². The van der Waals surface area contributed by atoms with Crippen molar-refractivity contribution in [3.63, 3.8) is 0 Å². The molecule has 1 amide bonds. The van der Waals surface area contributed by atoms with Crippen molar-refractivity contribution < 1.29 is 14.6 Å². The van der Waals surface area contributed by atoms with E-state index in [9.17, 15) is 9.90 Å². The number of carbonyl (C=O) groups excluding carboxylic acids is 1. The van der Waals surface area contributed by atoms with Gasteiger partial charge in [-0.25, -0.2) is 4.79 Å². The maximum atomic E-state index is 12.0. The van der Waals surface area contributed by atoms with Gasteiger partial charge in [-0.1, -0.05) is 32.1 Å². The Hall–Kier alpha value is -0.770. The molecule has 1 aliphatic heterocycles. The molecule has 1 heterocycles. The summed E-state index contributed by atoms with van der Waals surface area (Å²) in [5.74, 6) is 0.823. The predicted octanol–water partition coefficient (Wildman–Crippen LogP) is 2.79. The summed E-state index contributed by atoms with van der Waals surface area (Å²) in [6.45, 7) is 6.69. The van der Waals surface area contributed by atoms with Gasteiger partial charge in [0.25, 0.3) is 0 Å². The topological polar surface area (TPSA) is 49.8 Å². The summed E-state index contributed by atoms with van der Waals surface area (Å²) in [6, 6.07) is 0. The van der Waals surface area contributed by atoms with Gasteiger partial charge in [-0.3, -0.25) is 0 Å². The number of ether oxygens (including phenoxy) is 1. The Balaban J connectivity index is 1.91. The fourth-order valence-electron chi connectivity index (χ4n) is 3.31. The summed E-state index contributed by atoms with van der Waals surface area (Å²) < 4.78 is 5.38. The lowest BCUT2D eigenvalue weighted by Crippen LogP contribution is -2.36. The molecule has 1 N–H and O–H groups in total. The zero-order valence-corrected chi connectivity index (χ0v) is 12.4. The van der Waals surface area contributed by atoms with Gasteiger partial charge < -0.3 is 14.7 Å². The molecule has 4 nitrogen and oxygen atoms in total. The lowest BCUT2D eigenvalue weighted by Gasteiger charge is -2.29. The molecule has 2 fully saturated rings. The van der Waals surface area contributed by atoms with E-state index in [2.05, 4.69) is 0 Å². The van der Waals surface area contributed by atoms with Crippen molar-refractivity contribution in [2.24, 2.45) is 11.8 Å². The first kappa shape index (κ1) is 14.6. The molecule has 1 saturated heterocycles. The first-order valence-electron chi connectivity index (χ1n) is 7.53. The number of nitrogens with zero attached hydrogens (tertiary/aromatic N) is 1. The molecule has 2 rings (SSSR count). The Bertz CT molecular complexity index is 318. The van der Waals surface area contributed by atoms with Crippen molar-refractivity contribution >= 4 is 6.09 Å². The van der Waals surface area contributed by atoms with Crippen molar-refractivity contribution in [3.05, 3.63) is 0 Å². The molecule has 0 bridgehead atoms. The van der Waals surface area contributed by atoms with E-state index in [1.165, 1.54) is 32.1 Å². The second-order valence-corrected chi connectivity index (χ2v) is 7.01. The summed E-state index contributed by atoms with van der Waals surface area (Å²) in [6.07, 6.45) is 5.57. The van der Waals surface area contributed by atoms with Crippen LogP contribution in [0.1, 0.15) is 52.9 Å². The molecule has 1 saturated carbocycles. The number of aliphatic hydroxyl groups is 1. The molecule has 0 aromatic heterocycles. The van der Waals surface area contributed by atoms with Gasteiger partial charge in [0.1, 0.15) is 5.60 Å². The highest BCUT2D eigenvalue weighted by molar-refractivity contribution is 5.68. The van der Waals surface area contributed by atoms with Crippen molar-refractivity contribution in [1.82, 2.24) is 4.90 Å². The second kappa shape index (κ2) is 5.70. The molecular weight excluding hydrogens is 242 g/mol. The summed E-state index contributed by atoms with van der Waals surface area (Å²) in [5.41, 5.74) is -0.467. The van der Waals surface area contributed by atoms with Crippen LogP contribution < -0.4 is 0 Å². The number of β-amino-alcohol motifs (C(OH)–C–C–N with tert-alkyl or cyclic N) is 1. The molecule has 1 aliphatic carbocycles. The van der Waals surface area contributed by atoms with E-state index in [4.69, 9.17) is 4.74 Å². The summed E-state index contributed by atoms with van der Waals surface area (Å²) in [7, 11) is 0. The van der Waals surface area contributed by atoms with Gasteiger partial charge in [-0.2, -0.15) is 0 Å². The molecule has 0 aromatic rings. The predicted molar refractivity (Wildman–Crippen MR) is 73.9 cm³/mol. The zero-order valence-electron chi connectivity index (χ0n) is 12.4. The fraction of sp³-hybridized carbons (Fsp3) is 0.933. The Morgan fingerprint density at radius 2 is 1.79 bits per heavy atom. The lowest BCUT2D eigenvalue weighted by atomic mass is 9.79. The third-order valence-corrected chi connectivity index (χ3v) is 4.24. The van der Waals surface area contributed by atoms with Gasteiger partial charge in [-0.15, -0.1) is 0 Å². The molecule has 19 heavy (non-hydrogen) atoms. The molecule has 0 spiro atoms. The van der Waals surface area contributed by atoms with Crippen LogP contribution in [0.25, 0.3) is 0 Å². The summed E-state index contributed by atoms with van der Waals surface area (Å²) >= 11 is 0. The van der Waals surface area contributed by atoms with Crippen LogP contribution in [-0.2, 0) is 4.74 Å². The van der Waals surface area contributed by atoms with E-state index in [1.54, 1.807) is 4.90 Å². The van der Waals surface area contributed by atoms with Crippen LogP contribution in [0.4, 0.5) is 4.79 Å². The van der Waals surface area contributed by atoms with E-state index >= 15 is 0 Å². The van der Waals surface area contributed by atoms with E-state index in [1.807, 2.05) is 20.8 Å². The van der Waals surface area contributed by atoms with Gasteiger partial charge in [-0.05, 0) is 26.7 Å². The molecule has 4 heteroatoms. The van der Waals surface area contributed by atoms with Gasteiger partial charge in [0.15, 0.2) is 0 Å². The maximum Gasteiger partial charge on any atom is 0.410 e. The molecule has 110 valence electrons. The zero-order chi connectivity index (χ0) is 14.0. The van der Waals surface area contributed by atoms with Gasteiger partial charge in [0.05, 0.1) is 12.6 Å². The Morgan fingerprint density at radius 3 is 2.37 bits per heavy atom. The monoisotopic (exact) mass is 269 g/mol. The smallest absolute Gasteiger partial charge is 0.410 e. The number of hydrogen-bond acceptors (Lipinski definition) is 3. The minimum Gasteiger partial charge on any atom is -0.444 e. The van der Waals surface area contributed by atoms with Crippen molar-refractivity contribution in [2.45, 2.75) is 64.6 Å². The Kier molecular flexibility index (Phi) is 4.39. The van der Waals surface area contributed by atoms with E-state index in [-0.39, 0.29) is 18.1 Å². The minimum absolute atomic E-state index is 0.243. The van der Waals surface area contributed by atoms with Crippen LogP contribution in [0.5, 0.6) is 0 Å². The molecule has 0 radical (unpaired) electrons. The van der Waals surface area contributed by atoms with Crippen LogP contribution >= 0.6 is 0 Å². The van der Waals surface area contributed by atoms with Crippen LogP contribution in [0.2, 0.25) is 0 Å². The minimum atomic E-state index is -0.467. The van der Waals surface area contributed by atoms with Gasteiger partial charge in [0.2, 0.25) is 0 Å². The van der Waals surface area contributed by atoms with Crippen LogP contribution in [-0.4, -0.2) is 40.9 Å². The highest BCUT2D eigenvalue weighted by atomic mass is 16.6. The number of rotatable bonds is 1. The average molecular weight is 269 g/mol. The van der Waals surface area contributed by atoms with E-state index in [0.717, 1.165) is 0 Å². The fourth-order valence-corrected chi connectivity index (χ4v) is 3.31. The van der Waals surface area contributed by atoms with E-state index in [0.29, 0.717) is 19.0 Å². The molecule has 2 atom stereocenters. The van der Waals surface area contributed by atoms with Gasteiger partial charge in [0, 0.05) is 12.5 Å². The Morgan fingerprint density at radius 1 is 1.16 bits per heavy atom. The van der Waals surface area contributed by atoms with Crippen LogP contribution in [0.3, 0.4) is 0 Å². The molecular formula is C15H27NO3. The number of amides is 1. The van der Waals surface area contributed by atoms with Crippen LogP contribution in [0.15, 0.2) is 0 Å². The van der Waals surface area contributed by atoms with Crippen molar-refractivity contribution in [2.75, 3.05) is 13.1 Å². The van der Waals surface area contributed by atoms with Gasteiger partial charge >= 0.3 is 6.09 Å². The number of carbonyl (C=O) groups is 1. The first-order valence-corrected chi connectivity index (χ1v) is 7.53. The SMILES string of the molecule is CC(C)(C)OC(=O)N1C[C@@H](O)[C@H](C2CCCCC2)C1. The van der Waals surface area contributed by atoms with Crippen LogP contribution in [0, 0.1) is 11.8 Å². The van der Waals surface area contributed by atoms with E-state index < -0.39 is 5.60 Å². The quantitative estimate of drug-likeness (QED) is 0.796. The average Bonchev–Trinajstić information content (AvgIpc) is 2.70. The number of likely N-dealkylation sites (tertiary alicyclic amines) is 1.